The molecule has 1 aromatic rings. The van der Waals surface area contributed by atoms with Crippen LogP contribution in [0.15, 0.2) is 24.3 Å². The third-order valence-corrected chi connectivity index (χ3v) is 3.31. The molecule has 0 atom stereocenters. The molecule has 0 fully saturated rings. The van der Waals surface area contributed by atoms with Crippen LogP contribution >= 0.6 is 0 Å². The molecule has 1 aromatic carbocycles. The van der Waals surface area contributed by atoms with Crippen LogP contribution in [0.3, 0.4) is 0 Å². The van der Waals surface area contributed by atoms with Gasteiger partial charge in [0.1, 0.15) is 6.61 Å². The van der Waals surface area contributed by atoms with Gasteiger partial charge >= 0.3 is 5.97 Å². The fourth-order valence-corrected chi connectivity index (χ4v) is 1.87. The summed E-state index contributed by atoms with van der Waals surface area (Å²) in [7, 11) is -3.09. The zero-order chi connectivity index (χ0) is 15.9. The van der Waals surface area contributed by atoms with Crippen molar-refractivity contribution in [1.82, 2.24) is 0 Å². The summed E-state index contributed by atoms with van der Waals surface area (Å²) in [6.45, 7) is 2.25. The average molecular weight is 314 g/mol. The van der Waals surface area contributed by atoms with Gasteiger partial charge in [-0.1, -0.05) is 6.07 Å². The fraction of sp³-hybridized carbons (Fsp3) is 0.357. The van der Waals surface area contributed by atoms with Gasteiger partial charge in [0.2, 0.25) is 0 Å². The Morgan fingerprint density at radius 1 is 1.29 bits per heavy atom. The van der Waals surface area contributed by atoms with Gasteiger partial charge in [0.05, 0.1) is 12.4 Å². The first-order valence-electron chi connectivity index (χ1n) is 6.30. The molecular weight excluding hydrogens is 296 g/mol. The number of rotatable bonds is 8. The minimum Gasteiger partial charge on any atom is -0.490 e. The van der Waals surface area contributed by atoms with E-state index >= 15 is 0 Å². The Morgan fingerprint density at radius 3 is 2.57 bits per heavy atom. The van der Waals surface area contributed by atoms with E-state index in [0.717, 1.165) is 12.3 Å². The number of hydrogen-bond donors (Lipinski definition) is 1. The molecule has 0 aromatic heterocycles. The molecule has 7 heteroatoms. The number of sulfone groups is 1. The molecule has 0 amide bonds. The SMILES string of the molecule is CCOc1cc(/C=C/C(=O)O)ccc1OCCS(C)(=O)=O. The molecule has 21 heavy (non-hydrogen) atoms. The van der Waals surface area contributed by atoms with Gasteiger partial charge < -0.3 is 14.6 Å². The molecule has 6 nitrogen and oxygen atoms in total. The monoisotopic (exact) mass is 314 g/mol. The molecule has 0 unspecified atom stereocenters. The van der Waals surface area contributed by atoms with Crippen LogP contribution in [0.4, 0.5) is 0 Å². The van der Waals surface area contributed by atoms with Crippen molar-refractivity contribution in [2.45, 2.75) is 6.92 Å². The molecule has 0 saturated heterocycles. The van der Waals surface area contributed by atoms with E-state index in [4.69, 9.17) is 14.6 Å². The van der Waals surface area contributed by atoms with E-state index in [0.29, 0.717) is 23.7 Å². The Kier molecular flexibility index (Phi) is 6.23. The maximum atomic E-state index is 11.1. The first kappa shape index (κ1) is 17.0. The third kappa shape index (κ3) is 6.80. The highest BCUT2D eigenvalue weighted by Gasteiger charge is 2.08. The summed E-state index contributed by atoms with van der Waals surface area (Å²) >= 11 is 0. The van der Waals surface area contributed by atoms with E-state index in [1.807, 2.05) is 0 Å². The normalized spacial score (nSPS) is 11.5. The largest absolute Gasteiger partial charge is 0.490 e. The van der Waals surface area contributed by atoms with Gasteiger partial charge in [-0.15, -0.1) is 0 Å². The first-order valence-corrected chi connectivity index (χ1v) is 8.36. The number of carbonyl (C=O) groups is 1. The van der Waals surface area contributed by atoms with E-state index in [1.165, 1.54) is 6.08 Å². The summed E-state index contributed by atoms with van der Waals surface area (Å²) in [5.41, 5.74) is 0.649. The number of carboxylic acids is 1. The Bertz CT molecular complexity index is 618. The van der Waals surface area contributed by atoms with Crippen molar-refractivity contribution in [2.24, 2.45) is 0 Å². The molecule has 0 aliphatic heterocycles. The maximum absolute atomic E-state index is 11.1. The van der Waals surface area contributed by atoms with Gasteiger partial charge in [-0.2, -0.15) is 0 Å². The molecule has 0 saturated carbocycles. The quantitative estimate of drug-likeness (QED) is 0.733. The lowest BCUT2D eigenvalue weighted by atomic mass is 10.2. The summed E-state index contributed by atoms with van der Waals surface area (Å²) in [4.78, 5) is 10.5. The summed E-state index contributed by atoms with van der Waals surface area (Å²) in [6.07, 6.45) is 3.60. The topological polar surface area (TPSA) is 89.9 Å². The van der Waals surface area contributed by atoms with Gasteiger partial charge in [0, 0.05) is 12.3 Å². The van der Waals surface area contributed by atoms with Gasteiger partial charge in [0.25, 0.3) is 0 Å². The molecule has 1 N–H and O–H groups in total. The lowest BCUT2D eigenvalue weighted by Crippen LogP contribution is -2.12. The minimum atomic E-state index is -3.09. The van der Waals surface area contributed by atoms with Crippen LogP contribution in [0, 0.1) is 0 Å². The first-order chi connectivity index (χ1) is 9.81. The Morgan fingerprint density at radius 2 is 2.00 bits per heavy atom. The molecule has 0 aliphatic carbocycles. The molecule has 0 aliphatic rings. The molecule has 0 radical (unpaired) electrons. The third-order valence-electron chi connectivity index (χ3n) is 2.40. The van der Waals surface area contributed by atoms with E-state index in [9.17, 15) is 13.2 Å². The van der Waals surface area contributed by atoms with Crippen molar-refractivity contribution in [3.05, 3.63) is 29.8 Å². The van der Waals surface area contributed by atoms with Crippen LogP contribution in [-0.2, 0) is 14.6 Å². The van der Waals surface area contributed by atoms with Gasteiger partial charge in [0.15, 0.2) is 21.3 Å². The number of aliphatic carboxylic acids is 1. The summed E-state index contributed by atoms with van der Waals surface area (Å²) in [5, 5.41) is 8.59. The predicted molar refractivity (Wildman–Crippen MR) is 79.5 cm³/mol. The highest BCUT2D eigenvalue weighted by molar-refractivity contribution is 7.90. The number of hydrogen-bond acceptors (Lipinski definition) is 5. The number of ether oxygens (including phenoxy) is 2. The van der Waals surface area contributed by atoms with Gasteiger partial charge in [-0.3, -0.25) is 0 Å². The Balaban J connectivity index is 2.86. The smallest absolute Gasteiger partial charge is 0.328 e. The average Bonchev–Trinajstić information content (AvgIpc) is 2.37. The van der Waals surface area contributed by atoms with Crippen molar-refractivity contribution in [3.63, 3.8) is 0 Å². The van der Waals surface area contributed by atoms with E-state index in [2.05, 4.69) is 0 Å². The molecule has 0 spiro atoms. The lowest BCUT2D eigenvalue weighted by Gasteiger charge is -2.12. The van der Waals surface area contributed by atoms with Crippen molar-refractivity contribution in [3.8, 4) is 11.5 Å². The van der Waals surface area contributed by atoms with Gasteiger partial charge in [-0.05, 0) is 30.7 Å². The second-order valence-corrected chi connectivity index (χ2v) is 6.55. The fourth-order valence-electron chi connectivity index (χ4n) is 1.49. The molecule has 116 valence electrons. The van der Waals surface area contributed by atoms with Crippen LogP contribution in [0.25, 0.3) is 6.08 Å². The summed E-state index contributed by atoms with van der Waals surface area (Å²) in [5.74, 6) is -0.257. The van der Waals surface area contributed by atoms with E-state index < -0.39 is 15.8 Å². The highest BCUT2D eigenvalue weighted by atomic mass is 32.2. The highest BCUT2D eigenvalue weighted by Crippen LogP contribution is 2.29. The second-order valence-electron chi connectivity index (χ2n) is 4.29. The van der Waals surface area contributed by atoms with Crippen LogP contribution in [-0.4, -0.2) is 44.7 Å². The van der Waals surface area contributed by atoms with Gasteiger partial charge in [-0.25, -0.2) is 13.2 Å². The second kappa shape index (κ2) is 7.68. The van der Waals surface area contributed by atoms with Crippen LogP contribution in [0.5, 0.6) is 11.5 Å². The van der Waals surface area contributed by atoms with Crippen LogP contribution in [0.1, 0.15) is 12.5 Å². The Hall–Kier alpha value is -2.02. The molecular formula is C14H18O6S. The molecule has 0 bridgehead atoms. The molecule has 1 rings (SSSR count). The standard InChI is InChI=1S/C14H18O6S/c1-3-19-13-10-11(5-7-14(15)16)4-6-12(13)20-8-9-21(2,17)18/h4-7,10H,3,8-9H2,1-2H3,(H,15,16)/b7-5+. The number of benzene rings is 1. The Labute approximate surface area is 123 Å². The van der Waals surface area contributed by atoms with E-state index in [1.54, 1.807) is 25.1 Å². The van der Waals surface area contributed by atoms with Crippen LogP contribution in [0.2, 0.25) is 0 Å². The summed E-state index contributed by atoms with van der Waals surface area (Å²) < 4.78 is 32.9. The van der Waals surface area contributed by atoms with Crippen molar-refractivity contribution in [2.75, 3.05) is 25.2 Å². The van der Waals surface area contributed by atoms with Crippen molar-refractivity contribution in [1.29, 1.82) is 0 Å². The predicted octanol–water partition coefficient (Wildman–Crippen LogP) is 1.61. The van der Waals surface area contributed by atoms with Crippen molar-refractivity contribution < 1.29 is 27.8 Å². The van der Waals surface area contributed by atoms with Crippen molar-refractivity contribution >= 4 is 21.9 Å². The minimum absolute atomic E-state index is 0.0310. The lowest BCUT2D eigenvalue weighted by molar-refractivity contribution is -0.131. The zero-order valence-corrected chi connectivity index (χ0v) is 12.7. The molecule has 0 heterocycles. The summed E-state index contributed by atoms with van der Waals surface area (Å²) in [6, 6.07) is 4.92. The van der Waals surface area contributed by atoms with Crippen LogP contribution < -0.4 is 9.47 Å². The van der Waals surface area contributed by atoms with E-state index in [-0.39, 0.29) is 12.4 Å². The number of carboxylic acid groups (broad SMARTS) is 1. The zero-order valence-electron chi connectivity index (χ0n) is 11.9. The maximum Gasteiger partial charge on any atom is 0.328 e.